The molecule has 3 heteroatoms. The van der Waals surface area contributed by atoms with Crippen molar-refractivity contribution in [2.45, 2.75) is 25.7 Å². The Labute approximate surface area is 106 Å². The quantitative estimate of drug-likeness (QED) is 0.813. The summed E-state index contributed by atoms with van der Waals surface area (Å²) < 4.78 is 0. The van der Waals surface area contributed by atoms with E-state index >= 15 is 0 Å². The summed E-state index contributed by atoms with van der Waals surface area (Å²) in [5.74, 6) is 2.87. The number of ketones is 1. The van der Waals surface area contributed by atoms with Gasteiger partial charge in [0.05, 0.1) is 5.75 Å². The molecular weight excluding hydrogens is 232 g/mol. The number of hydrogen-bond donors (Lipinski definition) is 1. The Morgan fingerprint density at radius 1 is 1.24 bits per heavy atom. The maximum Gasteiger partial charge on any atom is 0.172 e. The van der Waals surface area contributed by atoms with Crippen molar-refractivity contribution in [2.75, 3.05) is 11.5 Å². The van der Waals surface area contributed by atoms with Crippen LogP contribution in [0, 0.1) is 5.92 Å². The number of aromatic hydroxyl groups is 1. The monoisotopic (exact) mass is 250 g/mol. The minimum absolute atomic E-state index is 0.160. The second-order valence-electron chi connectivity index (χ2n) is 4.64. The Morgan fingerprint density at radius 3 is 2.53 bits per heavy atom. The van der Waals surface area contributed by atoms with Gasteiger partial charge in [-0.25, -0.2) is 0 Å². The average molecular weight is 250 g/mol. The lowest BCUT2D eigenvalue weighted by molar-refractivity contribution is 0.102. The minimum Gasteiger partial charge on any atom is -0.508 e. The van der Waals surface area contributed by atoms with Gasteiger partial charge < -0.3 is 5.11 Å². The molecular formula is C14H18O2S. The van der Waals surface area contributed by atoms with Crippen molar-refractivity contribution in [3.05, 3.63) is 29.8 Å². The fraction of sp³-hybridized carbons (Fsp3) is 0.500. The molecule has 17 heavy (non-hydrogen) atoms. The topological polar surface area (TPSA) is 37.3 Å². The van der Waals surface area contributed by atoms with Crippen molar-refractivity contribution in [3.63, 3.8) is 0 Å². The van der Waals surface area contributed by atoms with Gasteiger partial charge in [-0.05, 0) is 48.8 Å². The van der Waals surface area contributed by atoms with E-state index in [4.69, 9.17) is 5.11 Å². The van der Waals surface area contributed by atoms with Crippen LogP contribution in [0.5, 0.6) is 5.75 Å². The van der Waals surface area contributed by atoms with Gasteiger partial charge in [0.25, 0.3) is 0 Å². The first-order chi connectivity index (χ1) is 8.25. The summed E-state index contributed by atoms with van der Waals surface area (Å²) in [6, 6.07) is 6.51. The molecule has 2 nitrogen and oxygen atoms in total. The lowest BCUT2D eigenvalue weighted by atomic mass is 10.1. The van der Waals surface area contributed by atoms with Crippen LogP contribution in [0.15, 0.2) is 24.3 Å². The van der Waals surface area contributed by atoms with Crippen LogP contribution in [0.2, 0.25) is 0 Å². The van der Waals surface area contributed by atoms with Crippen molar-refractivity contribution in [3.8, 4) is 5.75 Å². The number of carbonyl (C=O) groups is 1. The number of phenolic OH excluding ortho intramolecular Hbond substituents is 1. The fourth-order valence-electron chi connectivity index (χ4n) is 2.23. The molecule has 0 amide bonds. The van der Waals surface area contributed by atoms with Crippen molar-refractivity contribution >= 4 is 17.5 Å². The number of rotatable bonds is 5. The summed E-state index contributed by atoms with van der Waals surface area (Å²) in [4.78, 5) is 11.8. The van der Waals surface area contributed by atoms with Gasteiger partial charge >= 0.3 is 0 Å². The van der Waals surface area contributed by atoms with Crippen LogP contribution >= 0.6 is 11.8 Å². The normalized spacial score (nSPS) is 16.2. The van der Waals surface area contributed by atoms with Crippen molar-refractivity contribution in [1.29, 1.82) is 0 Å². The first-order valence-corrected chi connectivity index (χ1v) is 7.31. The molecule has 1 saturated carbocycles. The molecule has 2 rings (SSSR count). The molecule has 1 aliphatic rings. The second kappa shape index (κ2) is 6.10. The smallest absolute Gasteiger partial charge is 0.172 e. The summed E-state index contributed by atoms with van der Waals surface area (Å²) in [7, 11) is 0. The molecule has 0 unspecified atom stereocenters. The Morgan fingerprint density at radius 2 is 1.88 bits per heavy atom. The van der Waals surface area contributed by atoms with E-state index in [0.717, 1.165) is 11.7 Å². The molecule has 1 aliphatic carbocycles. The highest BCUT2D eigenvalue weighted by Gasteiger charge is 2.15. The van der Waals surface area contributed by atoms with E-state index < -0.39 is 0 Å². The third kappa shape index (κ3) is 3.77. The van der Waals surface area contributed by atoms with Gasteiger partial charge in [-0.1, -0.05) is 12.8 Å². The van der Waals surface area contributed by atoms with Crippen LogP contribution in [-0.4, -0.2) is 22.4 Å². The zero-order valence-corrected chi connectivity index (χ0v) is 10.7. The molecule has 0 bridgehead atoms. The molecule has 1 fully saturated rings. The SMILES string of the molecule is O=C(CSCC1CCCC1)c1ccc(O)cc1. The molecule has 0 aliphatic heterocycles. The van der Waals surface area contributed by atoms with Gasteiger partial charge in [-0.2, -0.15) is 11.8 Å². The van der Waals surface area contributed by atoms with Crippen LogP contribution in [0.3, 0.4) is 0 Å². The average Bonchev–Trinajstić information content (AvgIpc) is 2.83. The van der Waals surface area contributed by atoms with Gasteiger partial charge in [0, 0.05) is 5.56 Å². The summed E-state index contributed by atoms with van der Waals surface area (Å²) in [5, 5.41) is 9.14. The van der Waals surface area contributed by atoms with E-state index in [2.05, 4.69) is 0 Å². The van der Waals surface area contributed by atoms with Gasteiger partial charge in [-0.3, -0.25) is 4.79 Å². The van der Waals surface area contributed by atoms with Crippen LogP contribution in [0.4, 0.5) is 0 Å². The number of thioether (sulfide) groups is 1. The lowest BCUT2D eigenvalue weighted by Gasteiger charge is -2.07. The molecule has 1 N–H and O–H groups in total. The van der Waals surface area contributed by atoms with Crippen LogP contribution < -0.4 is 0 Å². The van der Waals surface area contributed by atoms with E-state index in [1.165, 1.54) is 25.7 Å². The summed E-state index contributed by atoms with van der Waals surface area (Å²) >= 11 is 1.75. The van der Waals surface area contributed by atoms with Gasteiger partial charge in [0.15, 0.2) is 5.78 Å². The third-order valence-electron chi connectivity index (χ3n) is 3.25. The Balaban J connectivity index is 1.75. The predicted molar refractivity (Wildman–Crippen MR) is 71.7 cm³/mol. The Bertz CT molecular complexity index is 366. The second-order valence-corrected chi connectivity index (χ2v) is 5.67. The maximum atomic E-state index is 11.8. The predicted octanol–water partition coefficient (Wildman–Crippen LogP) is 3.50. The lowest BCUT2D eigenvalue weighted by Crippen LogP contribution is -2.05. The van der Waals surface area contributed by atoms with E-state index in [-0.39, 0.29) is 11.5 Å². The Kier molecular flexibility index (Phi) is 4.49. The molecule has 0 radical (unpaired) electrons. The number of hydrogen-bond acceptors (Lipinski definition) is 3. The zero-order chi connectivity index (χ0) is 12.1. The highest BCUT2D eigenvalue weighted by Crippen LogP contribution is 2.28. The van der Waals surface area contributed by atoms with E-state index in [1.54, 1.807) is 36.0 Å². The van der Waals surface area contributed by atoms with Gasteiger partial charge in [0.2, 0.25) is 0 Å². The molecule has 1 aromatic rings. The van der Waals surface area contributed by atoms with Gasteiger partial charge in [-0.15, -0.1) is 0 Å². The highest BCUT2D eigenvalue weighted by molar-refractivity contribution is 7.99. The van der Waals surface area contributed by atoms with Crippen molar-refractivity contribution in [2.24, 2.45) is 5.92 Å². The van der Waals surface area contributed by atoms with Crippen molar-refractivity contribution in [1.82, 2.24) is 0 Å². The third-order valence-corrected chi connectivity index (χ3v) is 4.42. The number of Topliss-reactive ketones (excluding diaryl/α,β-unsaturated/α-hetero) is 1. The maximum absolute atomic E-state index is 11.8. The molecule has 1 aromatic carbocycles. The number of benzene rings is 1. The van der Waals surface area contributed by atoms with Crippen LogP contribution in [-0.2, 0) is 0 Å². The van der Waals surface area contributed by atoms with Crippen LogP contribution in [0.1, 0.15) is 36.0 Å². The van der Waals surface area contributed by atoms with E-state index in [9.17, 15) is 4.79 Å². The largest absolute Gasteiger partial charge is 0.508 e. The summed E-state index contributed by atoms with van der Waals surface area (Å²) in [6.45, 7) is 0. The first kappa shape index (κ1) is 12.5. The highest BCUT2D eigenvalue weighted by atomic mass is 32.2. The van der Waals surface area contributed by atoms with E-state index in [0.29, 0.717) is 11.3 Å². The number of phenols is 1. The first-order valence-electron chi connectivity index (χ1n) is 6.15. The molecule has 0 aromatic heterocycles. The minimum atomic E-state index is 0.160. The van der Waals surface area contributed by atoms with Gasteiger partial charge in [0.1, 0.15) is 5.75 Å². The zero-order valence-electron chi connectivity index (χ0n) is 9.89. The summed E-state index contributed by atoms with van der Waals surface area (Å²) in [6.07, 6.45) is 5.38. The van der Waals surface area contributed by atoms with Crippen molar-refractivity contribution < 1.29 is 9.90 Å². The molecule has 92 valence electrons. The van der Waals surface area contributed by atoms with E-state index in [1.807, 2.05) is 0 Å². The molecule has 0 saturated heterocycles. The molecule has 0 spiro atoms. The summed E-state index contributed by atoms with van der Waals surface area (Å²) in [5.41, 5.74) is 0.696. The standard InChI is InChI=1S/C14H18O2S/c15-13-7-5-12(6-8-13)14(16)10-17-9-11-3-1-2-4-11/h5-8,11,15H,1-4,9-10H2. The fourth-order valence-corrected chi connectivity index (χ4v) is 3.36. The molecule has 0 atom stereocenters. The van der Waals surface area contributed by atoms with Crippen LogP contribution in [0.25, 0.3) is 0 Å². The number of carbonyl (C=O) groups excluding carboxylic acids is 1. The Hall–Kier alpha value is -0.960. The molecule has 0 heterocycles.